The van der Waals surface area contributed by atoms with Gasteiger partial charge in [-0.2, -0.15) is 0 Å². The van der Waals surface area contributed by atoms with E-state index < -0.39 is 5.97 Å². The summed E-state index contributed by atoms with van der Waals surface area (Å²) in [7, 11) is 0. The molecular weight excluding hydrogens is 352 g/mol. The third-order valence-corrected chi connectivity index (χ3v) is 4.57. The summed E-state index contributed by atoms with van der Waals surface area (Å²) >= 11 is 4.68. The van der Waals surface area contributed by atoms with Crippen LogP contribution < -0.4 is 4.74 Å². The van der Waals surface area contributed by atoms with Gasteiger partial charge in [-0.3, -0.25) is 0 Å². The molecule has 2 aromatic carbocycles. The van der Waals surface area contributed by atoms with Gasteiger partial charge in [-0.15, -0.1) is 11.3 Å². The van der Waals surface area contributed by atoms with Gasteiger partial charge in [0.25, 0.3) is 0 Å². The maximum absolute atomic E-state index is 10.8. The van der Waals surface area contributed by atoms with Crippen molar-refractivity contribution >= 4 is 44.0 Å². The van der Waals surface area contributed by atoms with E-state index in [2.05, 4.69) is 22.0 Å². The van der Waals surface area contributed by atoms with E-state index in [1.54, 1.807) is 12.1 Å². The molecule has 0 atom stereocenters. The van der Waals surface area contributed by atoms with Crippen molar-refractivity contribution in [1.82, 2.24) is 0 Å². The Balaban J connectivity index is 1.75. The van der Waals surface area contributed by atoms with Gasteiger partial charge in [0, 0.05) is 9.35 Å². The Morgan fingerprint density at radius 2 is 1.86 bits per heavy atom. The molecular formula is C16H11BrO3S. The molecule has 0 radical (unpaired) electrons. The second kappa shape index (κ2) is 5.87. The molecule has 0 amide bonds. The first kappa shape index (κ1) is 14.1. The van der Waals surface area contributed by atoms with Crippen molar-refractivity contribution in [2.75, 3.05) is 0 Å². The van der Waals surface area contributed by atoms with E-state index in [0.29, 0.717) is 11.5 Å². The molecule has 3 nitrogen and oxygen atoms in total. The largest absolute Gasteiger partial charge is 0.488 e. The van der Waals surface area contributed by atoms with E-state index in [0.717, 1.165) is 25.9 Å². The molecule has 0 fully saturated rings. The number of halogens is 1. The van der Waals surface area contributed by atoms with Crippen LogP contribution in [0.3, 0.4) is 0 Å². The van der Waals surface area contributed by atoms with Crippen molar-refractivity contribution < 1.29 is 14.6 Å². The number of aromatic carboxylic acids is 1. The number of ether oxygens (including phenoxy) is 1. The Bertz CT molecular complexity index is 810. The lowest BCUT2D eigenvalue weighted by Crippen LogP contribution is -1.93. The van der Waals surface area contributed by atoms with Crippen LogP contribution in [0.25, 0.3) is 10.8 Å². The lowest BCUT2D eigenvalue weighted by Gasteiger charge is -2.06. The summed E-state index contributed by atoms with van der Waals surface area (Å²) in [6.45, 7) is 0.375. The highest BCUT2D eigenvalue weighted by Crippen LogP contribution is 2.25. The van der Waals surface area contributed by atoms with Gasteiger partial charge in [-0.25, -0.2) is 4.79 Å². The smallest absolute Gasteiger partial charge is 0.345 e. The van der Waals surface area contributed by atoms with Crippen LogP contribution in [-0.4, -0.2) is 11.1 Å². The highest BCUT2D eigenvalue weighted by Gasteiger charge is 2.07. The Hall–Kier alpha value is -1.85. The number of thiophene rings is 1. The fourth-order valence-corrected chi connectivity index (χ4v) is 3.15. The van der Waals surface area contributed by atoms with E-state index in [9.17, 15) is 4.79 Å². The molecule has 3 aromatic rings. The summed E-state index contributed by atoms with van der Waals surface area (Å²) in [6.07, 6.45) is 0. The topological polar surface area (TPSA) is 46.5 Å². The molecule has 5 heteroatoms. The first-order chi connectivity index (χ1) is 10.1. The third-order valence-electron chi connectivity index (χ3n) is 3.03. The molecule has 0 aliphatic heterocycles. The first-order valence-electron chi connectivity index (χ1n) is 6.26. The summed E-state index contributed by atoms with van der Waals surface area (Å²) in [4.78, 5) is 12.1. The van der Waals surface area contributed by atoms with Gasteiger partial charge in [0.15, 0.2) is 0 Å². The number of fused-ring (bicyclic) bond motifs is 1. The second-order valence-electron chi connectivity index (χ2n) is 4.51. The molecule has 1 aromatic heterocycles. The van der Waals surface area contributed by atoms with Crippen LogP contribution in [0.5, 0.6) is 5.75 Å². The fraction of sp³-hybridized carbons (Fsp3) is 0.0625. The molecule has 0 bridgehead atoms. The number of carboxylic acids is 1. The maximum Gasteiger partial charge on any atom is 0.345 e. The van der Waals surface area contributed by atoms with Gasteiger partial charge in [-0.05, 0) is 47.2 Å². The minimum atomic E-state index is -0.900. The number of carbonyl (C=O) groups is 1. The van der Waals surface area contributed by atoms with Crippen LogP contribution in [0.1, 0.15) is 14.5 Å². The summed E-state index contributed by atoms with van der Waals surface area (Å²) < 4.78 is 6.77. The van der Waals surface area contributed by atoms with Crippen LogP contribution in [0.4, 0.5) is 0 Å². The zero-order chi connectivity index (χ0) is 14.8. The quantitative estimate of drug-likeness (QED) is 0.714. The number of benzene rings is 2. The van der Waals surface area contributed by atoms with Gasteiger partial charge in [0.05, 0.1) is 0 Å². The number of hydrogen-bond acceptors (Lipinski definition) is 3. The van der Waals surface area contributed by atoms with Crippen molar-refractivity contribution in [3.63, 3.8) is 0 Å². The SMILES string of the molecule is O=C(O)c1ccc(COc2ccc3cc(Br)ccc3c2)s1. The van der Waals surface area contributed by atoms with Crippen molar-refractivity contribution in [2.45, 2.75) is 6.61 Å². The zero-order valence-electron chi connectivity index (χ0n) is 10.9. The molecule has 0 unspecified atom stereocenters. The second-order valence-corrected chi connectivity index (χ2v) is 6.60. The van der Waals surface area contributed by atoms with Crippen LogP contribution in [-0.2, 0) is 6.61 Å². The minimum absolute atomic E-state index is 0.331. The number of carboxylic acid groups (broad SMARTS) is 1. The van der Waals surface area contributed by atoms with Gasteiger partial charge >= 0.3 is 5.97 Å². The van der Waals surface area contributed by atoms with Crippen molar-refractivity contribution in [2.24, 2.45) is 0 Å². The van der Waals surface area contributed by atoms with E-state index >= 15 is 0 Å². The highest BCUT2D eigenvalue weighted by atomic mass is 79.9. The van der Waals surface area contributed by atoms with Crippen molar-refractivity contribution in [3.05, 3.63) is 62.8 Å². The maximum atomic E-state index is 10.8. The number of rotatable bonds is 4. The predicted molar refractivity (Wildman–Crippen MR) is 87.3 cm³/mol. The van der Waals surface area contributed by atoms with Crippen LogP contribution in [0, 0.1) is 0 Å². The molecule has 1 N–H and O–H groups in total. The van der Waals surface area contributed by atoms with Crippen molar-refractivity contribution in [3.8, 4) is 5.75 Å². The molecule has 0 aliphatic rings. The Morgan fingerprint density at radius 1 is 1.10 bits per heavy atom. The average Bonchev–Trinajstić information content (AvgIpc) is 2.94. The lowest BCUT2D eigenvalue weighted by molar-refractivity contribution is 0.0702. The van der Waals surface area contributed by atoms with Gasteiger partial charge in [-0.1, -0.05) is 28.1 Å². The fourth-order valence-electron chi connectivity index (χ4n) is 2.01. The monoisotopic (exact) mass is 362 g/mol. The lowest BCUT2D eigenvalue weighted by atomic mass is 10.1. The van der Waals surface area contributed by atoms with Crippen LogP contribution >= 0.6 is 27.3 Å². The van der Waals surface area contributed by atoms with Crippen molar-refractivity contribution in [1.29, 1.82) is 0 Å². The minimum Gasteiger partial charge on any atom is -0.488 e. The highest BCUT2D eigenvalue weighted by molar-refractivity contribution is 9.10. The normalized spacial score (nSPS) is 10.7. The van der Waals surface area contributed by atoms with E-state index in [4.69, 9.17) is 9.84 Å². The van der Waals surface area contributed by atoms with Gasteiger partial charge in [0.2, 0.25) is 0 Å². The zero-order valence-corrected chi connectivity index (χ0v) is 13.3. The van der Waals surface area contributed by atoms with Gasteiger partial charge in [0.1, 0.15) is 17.2 Å². The Morgan fingerprint density at radius 3 is 2.62 bits per heavy atom. The third kappa shape index (κ3) is 3.25. The molecule has 1 heterocycles. The molecule has 0 spiro atoms. The molecule has 0 saturated carbocycles. The Kier molecular flexibility index (Phi) is 3.94. The van der Waals surface area contributed by atoms with E-state index in [1.165, 1.54) is 11.3 Å². The van der Waals surface area contributed by atoms with Crippen LogP contribution in [0.15, 0.2) is 53.0 Å². The van der Waals surface area contributed by atoms with Gasteiger partial charge < -0.3 is 9.84 Å². The first-order valence-corrected chi connectivity index (χ1v) is 7.87. The average molecular weight is 363 g/mol. The van der Waals surface area contributed by atoms with Crippen LogP contribution in [0.2, 0.25) is 0 Å². The van der Waals surface area contributed by atoms with E-state index in [1.807, 2.05) is 30.3 Å². The summed E-state index contributed by atoms with van der Waals surface area (Å²) in [5.74, 6) is -0.127. The summed E-state index contributed by atoms with van der Waals surface area (Å²) in [5, 5.41) is 11.1. The summed E-state index contributed by atoms with van der Waals surface area (Å²) in [5.41, 5.74) is 0. The predicted octanol–water partition coefficient (Wildman–Crippen LogP) is 4.94. The standard InChI is InChI=1S/C16H11BrO3S/c17-12-3-1-11-8-13(4-2-10(11)7-12)20-9-14-5-6-15(21-14)16(18)19/h1-8H,9H2,(H,18,19). The molecule has 21 heavy (non-hydrogen) atoms. The molecule has 3 rings (SSSR count). The van der Waals surface area contributed by atoms with E-state index in [-0.39, 0.29) is 0 Å². The molecule has 0 saturated heterocycles. The Labute approximate surface area is 133 Å². The molecule has 106 valence electrons. The summed E-state index contributed by atoms with van der Waals surface area (Å²) in [6, 6.07) is 15.4. The molecule has 0 aliphatic carbocycles. The number of hydrogen-bond donors (Lipinski definition) is 1.